The third kappa shape index (κ3) is 4.32. The van der Waals surface area contributed by atoms with Gasteiger partial charge in [-0.1, -0.05) is 23.9 Å². The summed E-state index contributed by atoms with van der Waals surface area (Å²) < 4.78 is 4.96. The number of carbonyl (C=O) groups is 2. The van der Waals surface area contributed by atoms with Crippen molar-refractivity contribution in [2.75, 3.05) is 17.7 Å². The van der Waals surface area contributed by atoms with Crippen molar-refractivity contribution >= 4 is 29.3 Å². The van der Waals surface area contributed by atoms with Crippen molar-refractivity contribution in [3.8, 4) is 0 Å². The van der Waals surface area contributed by atoms with E-state index in [1.165, 1.54) is 11.8 Å². The van der Waals surface area contributed by atoms with Gasteiger partial charge in [-0.15, -0.1) is 5.10 Å². The zero-order valence-corrected chi connectivity index (χ0v) is 13.1. The molecule has 2 aromatic rings. The molecule has 0 aliphatic carbocycles. The van der Waals surface area contributed by atoms with Crippen LogP contribution in [0.1, 0.15) is 23.1 Å². The number of aryl methyl sites for hydroxylation is 1. The first-order chi connectivity index (χ1) is 10.6. The van der Waals surface area contributed by atoms with Gasteiger partial charge in [-0.25, -0.2) is 9.78 Å². The van der Waals surface area contributed by atoms with Crippen LogP contribution < -0.4 is 5.32 Å². The molecule has 2 N–H and O–H groups in total. The van der Waals surface area contributed by atoms with Gasteiger partial charge in [-0.2, -0.15) is 0 Å². The van der Waals surface area contributed by atoms with E-state index in [0.717, 1.165) is 0 Å². The molecule has 1 heterocycles. The van der Waals surface area contributed by atoms with Crippen LogP contribution in [0, 0.1) is 6.92 Å². The van der Waals surface area contributed by atoms with Gasteiger partial charge in [0.15, 0.2) is 0 Å². The minimum Gasteiger partial charge on any atom is -0.462 e. The van der Waals surface area contributed by atoms with Gasteiger partial charge in [0, 0.05) is 0 Å². The molecular weight excluding hydrogens is 304 g/mol. The molecular formula is C14H16N4O3S. The number of benzene rings is 1. The maximum Gasteiger partial charge on any atom is 0.340 e. The smallest absolute Gasteiger partial charge is 0.340 e. The number of rotatable bonds is 6. The van der Waals surface area contributed by atoms with Gasteiger partial charge in [0.05, 0.1) is 23.6 Å². The van der Waals surface area contributed by atoms with Crippen molar-refractivity contribution < 1.29 is 14.3 Å². The van der Waals surface area contributed by atoms with E-state index in [1.807, 2.05) is 0 Å². The van der Waals surface area contributed by atoms with Gasteiger partial charge in [0.1, 0.15) is 5.82 Å². The van der Waals surface area contributed by atoms with Crippen molar-refractivity contribution in [3.05, 3.63) is 35.7 Å². The number of aromatic amines is 1. The third-order valence-electron chi connectivity index (χ3n) is 2.61. The molecule has 1 aromatic heterocycles. The first-order valence-corrected chi connectivity index (χ1v) is 7.66. The van der Waals surface area contributed by atoms with E-state index in [0.29, 0.717) is 22.2 Å². The number of nitrogens with zero attached hydrogens (tertiary/aromatic N) is 2. The molecule has 0 saturated heterocycles. The molecule has 0 spiro atoms. The van der Waals surface area contributed by atoms with Gasteiger partial charge in [0.2, 0.25) is 11.1 Å². The average molecular weight is 320 g/mol. The first-order valence-electron chi connectivity index (χ1n) is 6.68. The van der Waals surface area contributed by atoms with Gasteiger partial charge < -0.3 is 10.1 Å². The fourth-order valence-corrected chi connectivity index (χ4v) is 2.33. The van der Waals surface area contributed by atoms with Crippen molar-refractivity contribution in [1.82, 2.24) is 15.2 Å². The monoisotopic (exact) mass is 320 g/mol. The second-order valence-corrected chi connectivity index (χ2v) is 5.25. The Morgan fingerprint density at radius 1 is 1.36 bits per heavy atom. The highest BCUT2D eigenvalue weighted by Crippen LogP contribution is 2.18. The van der Waals surface area contributed by atoms with E-state index in [-0.39, 0.29) is 18.3 Å². The molecule has 0 fully saturated rings. The summed E-state index contributed by atoms with van der Waals surface area (Å²) in [6.07, 6.45) is 0. The lowest BCUT2D eigenvalue weighted by Crippen LogP contribution is -2.17. The number of carbonyl (C=O) groups excluding carboxylic acids is 2. The van der Waals surface area contributed by atoms with E-state index in [1.54, 1.807) is 38.1 Å². The SMILES string of the molecule is CCOC(=O)c1ccccc1NC(=O)CSc1n[nH]c(C)n1. The second-order valence-electron chi connectivity index (χ2n) is 4.31. The topological polar surface area (TPSA) is 97.0 Å². The van der Waals surface area contributed by atoms with Crippen LogP contribution in [0.15, 0.2) is 29.4 Å². The molecule has 0 bridgehead atoms. The zero-order chi connectivity index (χ0) is 15.9. The number of hydrogen-bond donors (Lipinski definition) is 2. The van der Waals surface area contributed by atoms with Crippen molar-refractivity contribution in [2.24, 2.45) is 0 Å². The minimum absolute atomic E-state index is 0.147. The summed E-state index contributed by atoms with van der Waals surface area (Å²) in [6.45, 7) is 3.79. The summed E-state index contributed by atoms with van der Waals surface area (Å²) in [5.74, 6) is 0.129. The van der Waals surface area contributed by atoms with Crippen LogP contribution in [-0.2, 0) is 9.53 Å². The number of amides is 1. The Kier molecular flexibility index (Phi) is 5.54. The van der Waals surface area contributed by atoms with E-state index < -0.39 is 5.97 Å². The Morgan fingerprint density at radius 3 is 2.82 bits per heavy atom. The lowest BCUT2D eigenvalue weighted by molar-refractivity contribution is -0.113. The predicted molar refractivity (Wildman–Crippen MR) is 82.9 cm³/mol. The van der Waals surface area contributed by atoms with E-state index >= 15 is 0 Å². The molecule has 2 rings (SSSR count). The number of thioether (sulfide) groups is 1. The summed E-state index contributed by atoms with van der Waals surface area (Å²) >= 11 is 1.21. The molecule has 0 aliphatic rings. The van der Waals surface area contributed by atoms with Crippen LogP contribution >= 0.6 is 11.8 Å². The number of H-pyrrole nitrogens is 1. The molecule has 0 saturated carbocycles. The number of ether oxygens (including phenoxy) is 1. The van der Waals surface area contributed by atoms with Crippen molar-refractivity contribution in [2.45, 2.75) is 19.0 Å². The maximum atomic E-state index is 12.0. The predicted octanol–water partition coefficient (Wildman–Crippen LogP) is 2.02. The quantitative estimate of drug-likeness (QED) is 0.624. The minimum atomic E-state index is -0.462. The van der Waals surface area contributed by atoms with Gasteiger partial charge in [-0.05, 0) is 26.0 Å². The molecule has 1 aromatic carbocycles. The Labute approximate surface area is 131 Å². The van der Waals surface area contributed by atoms with E-state index in [4.69, 9.17) is 4.74 Å². The van der Waals surface area contributed by atoms with Crippen LogP contribution in [0.4, 0.5) is 5.69 Å². The van der Waals surface area contributed by atoms with Crippen LogP contribution in [0.25, 0.3) is 0 Å². The molecule has 1 amide bonds. The van der Waals surface area contributed by atoms with Crippen LogP contribution in [0.2, 0.25) is 0 Å². The highest BCUT2D eigenvalue weighted by atomic mass is 32.2. The lowest BCUT2D eigenvalue weighted by atomic mass is 10.2. The molecule has 0 unspecified atom stereocenters. The van der Waals surface area contributed by atoms with Crippen molar-refractivity contribution in [3.63, 3.8) is 0 Å². The van der Waals surface area contributed by atoms with Crippen molar-refractivity contribution in [1.29, 1.82) is 0 Å². The van der Waals surface area contributed by atoms with E-state index in [2.05, 4.69) is 20.5 Å². The number of hydrogen-bond acceptors (Lipinski definition) is 6. The standard InChI is InChI=1S/C14H16N4O3S/c1-3-21-13(20)10-6-4-5-7-11(10)16-12(19)8-22-14-15-9(2)17-18-14/h4-7H,3,8H2,1-2H3,(H,16,19)(H,15,17,18). The number of para-hydroxylation sites is 1. The number of nitrogens with one attached hydrogen (secondary N) is 2. The molecule has 0 aliphatic heterocycles. The molecule has 8 heteroatoms. The molecule has 7 nitrogen and oxygen atoms in total. The van der Waals surface area contributed by atoms with Gasteiger partial charge in [0.25, 0.3) is 0 Å². The number of aromatic nitrogens is 3. The van der Waals surface area contributed by atoms with E-state index in [9.17, 15) is 9.59 Å². The zero-order valence-electron chi connectivity index (χ0n) is 12.3. The second kappa shape index (κ2) is 7.60. The average Bonchev–Trinajstić information content (AvgIpc) is 2.91. The molecule has 22 heavy (non-hydrogen) atoms. The summed E-state index contributed by atoms with van der Waals surface area (Å²) in [6, 6.07) is 6.72. The molecule has 116 valence electrons. The molecule has 0 atom stereocenters. The Morgan fingerprint density at radius 2 is 2.14 bits per heavy atom. The first kappa shape index (κ1) is 16.0. The fourth-order valence-electron chi connectivity index (χ4n) is 1.68. The summed E-state index contributed by atoms with van der Waals surface area (Å²) in [7, 11) is 0. The van der Waals surface area contributed by atoms with Gasteiger partial charge >= 0.3 is 5.97 Å². The highest BCUT2D eigenvalue weighted by molar-refractivity contribution is 7.99. The number of anilines is 1. The third-order valence-corrected chi connectivity index (χ3v) is 3.45. The highest BCUT2D eigenvalue weighted by Gasteiger charge is 2.14. The Hall–Kier alpha value is -2.35. The maximum absolute atomic E-state index is 12.0. The lowest BCUT2D eigenvalue weighted by Gasteiger charge is -2.09. The molecule has 0 radical (unpaired) electrons. The fraction of sp³-hybridized carbons (Fsp3) is 0.286. The Balaban J connectivity index is 1.97. The summed E-state index contributed by atoms with van der Waals surface area (Å²) in [4.78, 5) is 27.9. The Bertz CT molecular complexity index is 672. The van der Waals surface area contributed by atoms with Crippen LogP contribution in [0.3, 0.4) is 0 Å². The van der Waals surface area contributed by atoms with Gasteiger partial charge in [-0.3, -0.25) is 9.89 Å². The largest absolute Gasteiger partial charge is 0.462 e. The van der Waals surface area contributed by atoms with Crippen LogP contribution in [-0.4, -0.2) is 39.4 Å². The summed E-state index contributed by atoms with van der Waals surface area (Å²) in [5.41, 5.74) is 0.758. The summed E-state index contributed by atoms with van der Waals surface area (Å²) in [5, 5.41) is 9.85. The van der Waals surface area contributed by atoms with Crippen LogP contribution in [0.5, 0.6) is 0 Å². The number of esters is 1. The normalized spacial score (nSPS) is 10.3.